The number of nitrogens with zero attached hydrogens (tertiary/aromatic N) is 3. The Hall–Kier alpha value is -1.82. The molecule has 0 bridgehead atoms. The maximum atomic E-state index is 12.3. The Balaban J connectivity index is 1.61. The van der Waals surface area contributed by atoms with Crippen LogP contribution in [0.15, 0.2) is 29.7 Å². The highest BCUT2D eigenvalue weighted by atomic mass is 32.2. The van der Waals surface area contributed by atoms with E-state index in [0.717, 1.165) is 17.3 Å². The van der Waals surface area contributed by atoms with E-state index in [9.17, 15) is 4.79 Å². The molecular formula is C19H26N4OS. The third-order valence-electron chi connectivity index (χ3n) is 5.08. The van der Waals surface area contributed by atoms with E-state index in [-0.39, 0.29) is 5.91 Å². The third kappa shape index (κ3) is 4.42. The van der Waals surface area contributed by atoms with Crippen molar-refractivity contribution < 1.29 is 4.79 Å². The first-order valence-electron chi connectivity index (χ1n) is 8.94. The van der Waals surface area contributed by atoms with Crippen LogP contribution in [0, 0.1) is 19.8 Å². The molecule has 2 aromatic rings. The lowest BCUT2D eigenvalue weighted by molar-refractivity contribution is -0.119. The zero-order valence-electron chi connectivity index (χ0n) is 15.2. The summed E-state index contributed by atoms with van der Waals surface area (Å²) in [7, 11) is 0. The Morgan fingerprint density at radius 2 is 2.08 bits per heavy atom. The molecule has 0 spiro atoms. The van der Waals surface area contributed by atoms with Crippen LogP contribution in [0.2, 0.25) is 0 Å². The van der Waals surface area contributed by atoms with Crippen LogP contribution >= 0.6 is 11.8 Å². The van der Waals surface area contributed by atoms with Gasteiger partial charge in [-0.3, -0.25) is 9.36 Å². The fourth-order valence-electron chi connectivity index (χ4n) is 3.28. The summed E-state index contributed by atoms with van der Waals surface area (Å²) in [4.78, 5) is 12.3. The average Bonchev–Trinajstić information content (AvgIpc) is 3.06. The number of benzene rings is 1. The average molecular weight is 359 g/mol. The second kappa shape index (κ2) is 8.04. The molecule has 0 saturated heterocycles. The summed E-state index contributed by atoms with van der Waals surface area (Å²) in [6, 6.07) is 6.59. The van der Waals surface area contributed by atoms with E-state index in [1.165, 1.54) is 42.2 Å². The predicted molar refractivity (Wildman–Crippen MR) is 101 cm³/mol. The summed E-state index contributed by atoms with van der Waals surface area (Å²) in [5, 5.41) is 12.1. The highest BCUT2D eigenvalue weighted by Gasteiger charge is 2.23. The molecule has 1 aromatic carbocycles. The minimum absolute atomic E-state index is 0.0818. The van der Waals surface area contributed by atoms with Gasteiger partial charge in [-0.1, -0.05) is 37.6 Å². The number of carbonyl (C=O) groups is 1. The Bertz CT molecular complexity index is 743. The molecule has 1 saturated carbocycles. The zero-order valence-corrected chi connectivity index (χ0v) is 16.0. The molecule has 2 unspecified atom stereocenters. The van der Waals surface area contributed by atoms with E-state index in [2.05, 4.69) is 54.5 Å². The summed E-state index contributed by atoms with van der Waals surface area (Å²) in [5.41, 5.74) is 3.51. The van der Waals surface area contributed by atoms with Crippen molar-refractivity contribution in [1.29, 1.82) is 0 Å². The molecule has 3 rings (SSSR count). The molecule has 25 heavy (non-hydrogen) atoms. The van der Waals surface area contributed by atoms with Gasteiger partial charge in [0.05, 0.1) is 5.75 Å². The highest BCUT2D eigenvalue weighted by molar-refractivity contribution is 7.99. The number of carbonyl (C=O) groups excluding carboxylic acids is 1. The molecule has 1 heterocycles. The second-order valence-corrected chi connectivity index (χ2v) is 7.92. The summed E-state index contributed by atoms with van der Waals surface area (Å²) >= 11 is 1.43. The van der Waals surface area contributed by atoms with Crippen LogP contribution in [0.25, 0.3) is 5.69 Å². The number of aromatic nitrogens is 3. The standard InChI is InChI=1S/C19H26N4OS/c1-13-8-9-16(10-15(13)3)23-12-20-22-19(23)25-11-18(24)21-17-7-5-4-6-14(17)2/h8-10,12,14,17H,4-7,11H2,1-3H3,(H,21,24). The lowest BCUT2D eigenvalue weighted by Crippen LogP contribution is -2.41. The number of thioether (sulfide) groups is 1. The van der Waals surface area contributed by atoms with Gasteiger partial charge in [0.1, 0.15) is 6.33 Å². The molecule has 1 fully saturated rings. The van der Waals surface area contributed by atoms with Crippen LogP contribution in [0.1, 0.15) is 43.7 Å². The molecule has 0 aliphatic heterocycles. The molecule has 1 aromatic heterocycles. The largest absolute Gasteiger partial charge is 0.352 e. The molecule has 5 nitrogen and oxygen atoms in total. The molecule has 1 aliphatic carbocycles. The van der Waals surface area contributed by atoms with Crippen molar-refractivity contribution in [3.05, 3.63) is 35.7 Å². The fraction of sp³-hybridized carbons (Fsp3) is 0.526. The van der Waals surface area contributed by atoms with E-state index >= 15 is 0 Å². The molecule has 1 amide bonds. The lowest BCUT2D eigenvalue weighted by Gasteiger charge is -2.29. The van der Waals surface area contributed by atoms with Crippen molar-refractivity contribution in [2.45, 2.75) is 57.7 Å². The SMILES string of the molecule is Cc1ccc(-n2cnnc2SCC(=O)NC2CCCCC2C)cc1C. The van der Waals surface area contributed by atoms with Gasteiger partial charge in [0, 0.05) is 11.7 Å². The molecule has 134 valence electrons. The lowest BCUT2D eigenvalue weighted by atomic mass is 9.86. The van der Waals surface area contributed by atoms with Crippen molar-refractivity contribution in [2.75, 3.05) is 5.75 Å². The summed E-state index contributed by atoms with van der Waals surface area (Å²) < 4.78 is 1.94. The number of hydrogen-bond acceptors (Lipinski definition) is 4. The highest BCUT2D eigenvalue weighted by Crippen LogP contribution is 2.24. The van der Waals surface area contributed by atoms with Gasteiger partial charge in [-0.05, 0) is 55.9 Å². The van der Waals surface area contributed by atoms with Crippen LogP contribution < -0.4 is 5.32 Å². The van der Waals surface area contributed by atoms with Crippen molar-refractivity contribution in [3.8, 4) is 5.69 Å². The van der Waals surface area contributed by atoms with Crippen LogP contribution in [0.3, 0.4) is 0 Å². The van der Waals surface area contributed by atoms with Gasteiger partial charge in [-0.25, -0.2) is 0 Å². The van der Waals surface area contributed by atoms with Crippen molar-refractivity contribution in [3.63, 3.8) is 0 Å². The van der Waals surface area contributed by atoms with Crippen LogP contribution in [0.5, 0.6) is 0 Å². The van der Waals surface area contributed by atoms with Crippen molar-refractivity contribution >= 4 is 17.7 Å². The molecule has 1 aliphatic rings. The van der Waals surface area contributed by atoms with Gasteiger partial charge in [0.25, 0.3) is 0 Å². The minimum atomic E-state index is 0.0818. The summed E-state index contributed by atoms with van der Waals surface area (Å²) in [5.74, 6) is 1.02. The Labute approximate surface area is 153 Å². The van der Waals surface area contributed by atoms with Gasteiger partial charge in [0.15, 0.2) is 5.16 Å². The van der Waals surface area contributed by atoms with E-state index in [0.29, 0.717) is 17.7 Å². The normalized spacial score (nSPS) is 20.4. The molecule has 2 atom stereocenters. The van der Waals surface area contributed by atoms with Gasteiger partial charge in [-0.2, -0.15) is 0 Å². The number of nitrogens with one attached hydrogen (secondary N) is 1. The van der Waals surface area contributed by atoms with Crippen LogP contribution in [0.4, 0.5) is 0 Å². The van der Waals surface area contributed by atoms with Crippen LogP contribution in [-0.2, 0) is 4.79 Å². The van der Waals surface area contributed by atoms with E-state index in [1.807, 2.05) is 4.57 Å². The Morgan fingerprint density at radius 3 is 2.84 bits per heavy atom. The predicted octanol–water partition coefficient (Wildman–Crippen LogP) is 3.67. The van der Waals surface area contributed by atoms with Gasteiger partial charge >= 0.3 is 0 Å². The number of hydrogen-bond donors (Lipinski definition) is 1. The minimum Gasteiger partial charge on any atom is -0.352 e. The first-order chi connectivity index (χ1) is 12.0. The van der Waals surface area contributed by atoms with E-state index in [1.54, 1.807) is 6.33 Å². The topological polar surface area (TPSA) is 59.8 Å². The monoisotopic (exact) mass is 358 g/mol. The van der Waals surface area contributed by atoms with Crippen molar-refractivity contribution in [2.24, 2.45) is 5.92 Å². The van der Waals surface area contributed by atoms with Gasteiger partial charge in [0.2, 0.25) is 5.91 Å². The quantitative estimate of drug-likeness (QED) is 0.829. The first kappa shape index (κ1) is 18.0. The number of aryl methyl sites for hydroxylation is 2. The zero-order chi connectivity index (χ0) is 17.8. The summed E-state index contributed by atoms with van der Waals surface area (Å²) in [6.45, 7) is 6.42. The number of amides is 1. The van der Waals surface area contributed by atoms with Crippen molar-refractivity contribution in [1.82, 2.24) is 20.1 Å². The van der Waals surface area contributed by atoms with Crippen LogP contribution in [-0.4, -0.2) is 32.5 Å². The maximum Gasteiger partial charge on any atom is 0.230 e. The smallest absolute Gasteiger partial charge is 0.230 e. The second-order valence-electron chi connectivity index (χ2n) is 6.98. The first-order valence-corrected chi connectivity index (χ1v) is 9.93. The Morgan fingerprint density at radius 1 is 1.28 bits per heavy atom. The third-order valence-corrected chi connectivity index (χ3v) is 6.02. The Kier molecular flexibility index (Phi) is 5.78. The maximum absolute atomic E-state index is 12.3. The summed E-state index contributed by atoms with van der Waals surface area (Å²) in [6.07, 6.45) is 6.49. The van der Waals surface area contributed by atoms with E-state index in [4.69, 9.17) is 0 Å². The van der Waals surface area contributed by atoms with Gasteiger partial charge < -0.3 is 5.32 Å². The molecule has 0 radical (unpaired) electrons. The molecule has 1 N–H and O–H groups in total. The molecular weight excluding hydrogens is 332 g/mol. The number of rotatable bonds is 5. The molecule has 6 heteroatoms. The van der Waals surface area contributed by atoms with E-state index < -0.39 is 0 Å². The van der Waals surface area contributed by atoms with Gasteiger partial charge in [-0.15, -0.1) is 10.2 Å². The fourth-order valence-corrected chi connectivity index (χ4v) is 4.02.